The van der Waals surface area contributed by atoms with E-state index in [1.807, 2.05) is 6.92 Å². The van der Waals surface area contributed by atoms with Crippen LogP contribution in [0.2, 0.25) is 0 Å². The van der Waals surface area contributed by atoms with Crippen LogP contribution in [0.3, 0.4) is 0 Å². The average molecular weight is 197 g/mol. The average Bonchev–Trinajstić information content (AvgIpc) is 2.48. The van der Waals surface area contributed by atoms with Crippen LogP contribution in [0.4, 0.5) is 5.82 Å². The largest absolute Gasteiger partial charge is 0.461 e. The second-order valence-corrected chi connectivity index (χ2v) is 2.91. The third-order valence-corrected chi connectivity index (χ3v) is 1.75. The lowest BCUT2D eigenvalue weighted by atomic mass is 10.3. The summed E-state index contributed by atoms with van der Waals surface area (Å²) >= 11 is 0. The summed E-state index contributed by atoms with van der Waals surface area (Å²) in [5.41, 5.74) is 5.82. The van der Waals surface area contributed by atoms with Crippen molar-refractivity contribution in [2.45, 2.75) is 26.7 Å². The van der Waals surface area contributed by atoms with E-state index in [0.29, 0.717) is 6.61 Å². The molecule has 0 aliphatic heterocycles. The molecule has 0 saturated heterocycles. The first-order chi connectivity index (χ1) is 6.69. The lowest BCUT2D eigenvalue weighted by molar-refractivity contribution is 0.0521. The number of aromatic nitrogens is 2. The van der Waals surface area contributed by atoms with Crippen LogP contribution in [0.1, 0.15) is 36.6 Å². The summed E-state index contributed by atoms with van der Waals surface area (Å²) in [5, 5.41) is 0. The number of nitrogens with zero attached hydrogens (tertiary/aromatic N) is 1. The Labute approximate surface area is 82.7 Å². The molecule has 0 bridgehead atoms. The van der Waals surface area contributed by atoms with Crippen LogP contribution in [0.5, 0.6) is 0 Å². The Kier molecular flexibility index (Phi) is 3.50. The fourth-order valence-corrected chi connectivity index (χ4v) is 1.15. The molecule has 0 saturated carbocycles. The Morgan fingerprint density at radius 3 is 2.86 bits per heavy atom. The standard InChI is InChI=1S/C9H15N3O2/c1-3-5-6-11-7(8(10)12-6)9(13)14-4-2/h3-5,10H2,1-2H3,(H,11,12). The van der Waals surface area contributed by atoms with Crippen molar-refractivity contribution in [1.29, 1.82) is 0 Å². The van der Waals surface area contributed by atoms with Crippen LogP contribution in [0.15, 0.2) is 0 Å². The summed E-state index contributed by atoms with van der Waals surface area (Å²) in [7, 11) is 0. The molecular formula is C9H15N3O2. The van der Waals surface area contributed by atoms with Crippen LogP contribution >= 0.6 is 0 Å². The number of esters is 1. The molecule has 0 spiro atoms. The zero-order chi connectivity index (χ0) is 10.6. The third kappa shape index (κ3) is 2.25. The maximum atomic E-state index is 11.3. The molecule has 1 heterocycles. The first-order valence-corrected chi connectivity index (χ1v) is 4.70. The van der Waals surface area contributed by atoms with E-state index in [2.05, 4.69) is 9.97 Å². The zero-order valence-corrected chi connectivity index (χ0v) is 8.46. The zero-order valence-electron chi connectivity index (χ0n) is 8.46. The SMILES string of the molecule is CCCc1nc(N)c(C(=O)OCC)[nH]1. The molecule has 14 heavy (non-hydrogen) atoms. The highest BCUT2D eigenvalue weighted by molar-refractivity contribution is 5.92. The number of rotatable bonds is 4. The van der Waals surface area contributed by atoms with E-state index < -0.39 is 5.97 Å². The normalized spacial score (nSPS) is 10.1. The molecule has 0 aliphatic rings. The molecule has 3 N–H and O–H groups in total. The molecule has 1 aromatic heterocycles. The summed E-state index contributed by atoms with van der Waals surface area (Å²) in [6.45, 7) is 4.11. The van der Waals surface area contributed by atoms with E-state index in [9.17, 15) is 4.79 Å². The van der Waals surface area contributed by atoms with Crippen molar-refractivity contribution in [3.8, 4) is 0 Å². The van der Waals surface area contributed by atoms with Crippen molar-refractivity contribution in [1.82, 2.24) is 9.97 Å². The van der Waals surface area contributed by atoms with Gasteiger partial charge in [-0.25, -0.2) is 9.78 Å². The van der Waals surface area contributed by atoms with E-state index in [1.54, 1.807) is 6.92 Å². The maximum absolute atomic E-state index is 11.3. The Hall–Kier alpha value is -1.52. The topological polar surface area (TPSA) is 81.0 Å². The van der Waals surface area contributed by atoms with Crippen LogP contribution in [0.25, 0.3) is 0 Å². The maximum Gasteiger partial charge on any atom is 0.358 e. The number of imidazole rings is 1. The first-order valence-electron chi connectivity index (χ1n) is 4.70. The van der Waals surface area contributed by atoms with E-state index in [4.69, 9.17) is 10.5 Å². The molecule has 1 aromatic rings. The number of aryl methyl sites for hydroxylation is 1. The highest BCUT2D eigenvalue weighted by Gasteiger charge is 2.15. The number of nitrogens with two attached hydrogens (primary N) is 1. The fourth-order valence-electron chi connectivity index (χ4n) is 1.15. The second kappa shape index (κ2) is 4.64. The monoisotopic (exact) mass is 197 g/mol. The lowest BCUT2D eigenvalue weighted by Gasteiger charge is -1.98. The Balaban J connectivity index is 2.81. The molecule has 0 aromatic carbocycles. The highest BCUT2D eigenvalue weighted by atomic mass is 16.5. The van der Waals surface area contributed by atoms with E-state index >= 15 is 0 Å². The molecule has 5 heteroatoms. The van der Waals surface area contributed by atoms with Crippen molar-refractivity contribution >= 4 is 11.8 Å². The lowest BCUT2D eigenvalue weighted by Crippen LogP contribution is -2.07. The number of H-pyrrole nitrogens is 1. The van der Waals surface area contributed by atoms with Crippen molar-refractivity contribution in [2.24, 2.45) is 0 Å². The van der Waals surface area contributed by atoms with Crippen LogP contribution in [-0.4, -0.2) is 22.5 Å². The van der Waals surface area contributed by atoms with Crippen molar-refractivity contribution in [3.63, 3.8) is 0 Å². The van der Waals surface area contributed by atoms with Gasteiger partial charge in [-0.3, -0.25) is 0 Å². The van der Waals surface area contributed by atoms with Gasteiger partial charge in [0.25, 0.3) is 0 Å². The quantitative estimate of drug-likeness (QED) is 0.709. The molecular weight excluding hydrogens is 182 g/mol. The molecule has 78 valence electrons. The van der Waals surface area contributed by atoms with Gasteiger partial charge in [0.1, 0.15) is 5.82 Å². The smallest absolute Gasteiger partial charge is 0.358 e. The number of carbonyl (C=O) groups excluding carboxylic acids is 1. The second-order valence-electron chi connectivity index (χ2n) is 2.91. The van der Waals surface area contributed by atoms with E-state index in [1.165, 1.54) is 0 Å². The summed E-state index contributed by atoms with van der Waals surface area (Å²) in [6, 6.07) is 0. The minimum Gasteiger partial charge on any atom is -0.461 e. The summed E-state index contributed by atoms with van der Waals surface area (Å²) < 4.78 is 4.81. The van der Waals surface area contributed by atoms with Crippen LogP contribution in [-0.2, 0) is 11.2 Å². The summed E-state index contributed by atoms with van der Waals surface area (Å²) in [4.78, 5) is 18.2. The number of nitrogen functional groups attached to an aromatic ring is 1. The van der Waals surface area contributed by atoms with E-state index in [-0.39, 0.29) is 11.5 Å². The molecule has 5 nitrogen and oxygen atoms in total. The van der Waals surface area contributed by atoms with Gasteiger partial charge >= 0.3 is 5.97 Å². The Morgan fingerprint density at radius 2 is 2.29 bits per heavy atom. The van der Waals surface area contributed by atoms with Crippen molar-refractivity contribution in [2.75, 3.05) is 12.3 Å². The molecule has 0 radical (unpaired) electrons. The van der Waals surface area contributed by atoms with Crippen LogP contribution in [0, 0.1) is 0 Å². The van der Waals surface area contributed by atoms with Gasteiger partial charge in [-0.2, -0.15) is 0 Å². The molecule has 0 atom stereocenters. The number of nitrogens with one attached hydrogen (secondary N) is 1. The minimum atomic E-state index is -0.445. The van der Waals surface area contributed by atoms with Gasteiger partial charge in [0, 0.05) is 6.42 Å². The first kappa shape index (κ1) is 10.6. The Morgan fingerprint density at radius 1 is 1.57 bits per heavy atom. The van der Waals surface area contributed by atoms with Crippen molar-refractivity contribution in [3.05, 3.63) is 11.5 Å². The minimum absolute atomic E-state index is 0.215. The number of carbonyl (C=O) groups is 1. The molecule has 0 aliphatic carbocycles. The number of ether oxygens (including phenoxy) is 1. The highest BCUT2D eigenvalue weighted by Crippen LogP contribution is 2.10. The third-order valence-electron chi connectivity index (χ3n) is 1.75. The van der Waals surface area contributed by atoms with Gasteiger partial charge in [-0.1, -0.05) is 6.92 Å². The Bertz CT molecular complexity index is 320. The van der Waals surface area contributed by atoms with E-state index in [0.717, 1.165) is 18.7 Å². The van der Waals surface area contributed by atoms with Gasteiger partial charge in [0.05, 0.1) is 6.61 Å². The molecule has 1 rings (SSSR count). The number of anilines is 1. The van der Waals surface area contributed by atoms with Gasteiger partial charge in [0.15, 0.2) is 11.5 Å². The van der Waals surface area contributed by atoms with Gasteiger partial charge in [0.2, 0.25) is 0 Å². The number of hydrogen-bond acceptors (Lipinski definition) is 4. The van der Waals surface area contributed by atoms with Gasteiger partial charge < -0.3 is 15.5 Å². The van der Waals surface area contributed by atoms with Gasteiger partial charge in [-0.15, -0.1) is 0 Å². The molecule has 0 fully saturated rings. The van der Waals surface area contributed by atoms with Crippen molar-refractivity contribution < 1.29 is 9.53 Å². The predicted octanol–water partition coefficient (Wildman–Crippen LogP) is 1.12. The summed E-state index contributed by atoms with van der Waals surface area (Å²) in [5.74, 6) is 0.500. The molecule has 0 unspecified atom stereocenters. The van der Waals surface area contributed by atoms with Gasteiger partial charge in [-0.05, 0) is 13.3 Å². The fraction of sp³-hybridized carbons (Fsp3) is 0.556. The number of hydrogen-bond donors (Lipinski definition) is 2. The summed E-state index contributed by atoms with van der Waals surface area (Å²) in [6.07, 6.45) is 1.73. The van der Waals surface area contributed by atoms with Crippen LogP contribution < -0.4 is 5.73 Å². The number of aromatic amines is 1. The predicted molar refractivity (Wildman–Crippen MR) is 53.0 cm³/mol. The molecule has 0 amide bonds.